The molecule has 39 heavy (non-hydrogen) atoms. The molecule has 0 saturated carbocycles. The molecular formula is C27H22ClF3N6O2. The third kappa shape index (κ3) is 7.02. The maximum atomic E-state index is 13.0. The van der Waals surface area contributed by atoms with Crippen molar-refractivity contribution < 1.29 is 22.8 Å². The molecule has 0 atom stereocenters. The Morgan fingerprint density at radius 2 is 1.62 bits per heavy atom. The molecule has 4 aromatic rings. The summed E-state index contributed by atoms with van der Waals surface area (Å²) in [6.07, 6.45) is -3.26. The number of nitrogens with zero attached hydrogens (tertiary/aromatic N) is 3. The van der Waals surface area contributed by atoms with E-state index in [2.05, 4.69) is 25.9 Å². The van der Waals surface area contributed by atoms with E-state index in [1.807, 2.05) is 0 Å². The third-order valence-corrected chi connectivity index (χ3v) is 5.86. The van der Waals surface area contributed by atoms with Gasteiger partial charge in [0.05, 0.1) is 5.56 Å². The quantitative estimate of drug-likeness (QED) is 0.236. The highest BCUT2D eigenvalue weighted by Gasteiger charge is 2.31. The summed E-state index contributed by atoms with van der Waals surface area (Å²) >= 11 is 5.91. The van der Waals surface area contributed by atoms with Gasteiger partial charge >= 0.3 is 12.2 Å². The summed E-state index contributed by atoms with van der Waals surface area (Å²) in [5, 5.41) is 9.02. The van der Waals surface area contributed by atoms with Crippen LogP contribution in [-0.4, -0.2) is 29.0 Å². The van der Waals surface area contributed by atoms with E-state index < -0.39 is 23.7 Å². The van der Waals surface area contributed by atoms with Gasteiger partial charge in [-0.1, -0.05) is 23.7 Å². The maximum Gasteiger partial charge on any atom is 0.416 e. The van der Waals surface area contributed by atoms with Crippen LogP contribution >= 0.6 is 11.6 Å². The van der Waals surface area contributed by atoms with Crippen molar-refractivity contribution in [1.82, 2.24) is 9.97 Å². The molecule has 0 fully saturated rings. The van der Waals surface area contributed by atoms with Crippen LogP contribution in [0.25, 0.3) is 0 Å². The first-order chi connectivity index (χ1) is 18.5. The second kappa shape index (κ2) is 11.4. The standard InChI is InChI=1S/C27H22ClF3N6O2/c1-16-6-9-21(35-25(38)17-4-3-5-18(12-17)27(29,30)31)13-22(16)36-26(39)37(2)24-14-23(32-15-33-24)34-20-10-7-19(28)8-11-20/h3-15H,1-2H3,(H,35,38)(H,36,39)(H,32,33,34). The largest absolute Gasteiger partial charge is 0.416 e. The summed E-state index contributed by atoms with van der Waals surface area (Å²) in [7, 11) is 1.53. The van der Waals surface area contributed by atoms with E-state index in [4.69, 9.17) is 11.6 Å². The Labute approximate surface area is 226 Å². The van der Waals surface area contributed by atoms with Crippen molar-refractivity contribution in [3.8, 4) is 0 Å². The Bertz CT molecular complexity index is 1510. The molecule has 0 aliphatic heterocycles. The molecule has 8 nitrogen and oxygen atoms in total. The van der Waals surface area contributed by atoms with Crippen LogP contribution in [0.4, 0.5) is 46.7 Å². The monoisotopic (exact) mass is 554 g/mol. The van der Waals surface area contributed by atoms with Crippen LogP contribution < -0.4 is 20.9 Å². The van der Waals surface area contributed by atoms with Gasteiger partial charge in [-0.3, -0.25) is 9.69 Å². The average molecular weight is 555 g/mol. The molecule has 3 amide bonds. The number of benzene rings is 3. The van der Waals surface area contributed by atoms with Crippen molar-refractivity contribution >= 4 is 52.2 Å². The highest BCUT2D eigenvalue weighted by Crippen LogP contribution is 2.30. The van der Waals surface area contributed by atoms with Crippen LogP contribution in [0.1, 0.15) is 21.5 Å². The molecule has 0 bridgehead atoms. The summed E-state index contributed by atoms with van der Waals surface area (Å²) in [6.45, 7) is 1.76. The first kappa shape index (κ1) is 27.4. The van der Waals surface area contributed by atoms with Crippen LogP contribution in [0, 0.1) is 6.92 Å². The van der Waals surface area contributed by atoms with E-state index in [-0.39, 0.29) is 11.3 Å². The number of hydrogen-bond donors (Lipinski definition) is 3. The molecule has 0 saturated heterocycles. The second-order valence-corrected chi connectivity index (χ2v) is 8.88. The highest BCUT2D eigenvalue weighted by atomic mass is 35.5. The summed E-state index contributed by atoms with van der Waals surface area (Å²) < 4.78 is 39.0. The van der Waals surface area contributed by atoms with E-state index in [0.29, 0.717) is 27.9 Å². The molecule has 0 aliphatic rings. The van der Waals surface area contributed by atoms with Gasteiger partial charge in [-0.05, 0) is 67.1 Å². The van der Waals surface area contributed by atoms with Gasteiger partial charge in [0, 0.05) is 40.8 Å². The van der Waals surface area contributed by atoms with Crippen LogP contribution in [0.2, 0.25) is 5.02 Å². The zero-order valence-electron chi connectivity index (χ0n) is 20.7. The predicted octanol–water partition coefficient (Wildman–Crippen LogP) is 7.12. The number of aryl methyl sites for hydroxylation is 1. The van der Waals surface area contributed by atoms with Crippen molar-refractivity contribution in [3.63, 3.8) is 0 Å². The molecule has 200 valence electrons. The van der Waals surface area contributed by atoms with Gasteiger partial charge in [0.15, 0.2) is 0 Å². The second-order valence-electron chi connectivity index (χ2n) is 8.44. The molecule has 0 radical (unpaired) electrons. The maximum absolute atomic E-state index is 13.0. The summed E-state index contributed by atoms with van der Waals surface area (Å²) in [5.74, 6) is 0.0455. The van der Waals surface area contributed by atoms with Crippen LogP contribution in [0.15, 0.2) is 79.1 Å². The van der Waals surface area contributed by atoms with Gasteiger partial charge in [-0.25, -0.2) is 14.8 Å². The first-order valence-corrected chi connectivity index (χ1v) is 11.9. The number of hydrogen-bond acceptors (Lipinski definition) is 5. The van der Waals surface area contributed by atoms with Crippen molar-refractivity contribution in [2.75, 3.05) is 27.9 Å². The minimum atomic E-state index is -4.57. The molecule has 12 heteroatoms. The molecule has 1 aromatic heterocycles. The minimum absolute atomic E-state index is 0.150. The molecule has 0 spiro atoms. The number of anilines is 5. The number of carbonyl (C=O) groups excluding carboxylic acids is 2. The number of nitrogens with one attached hydrogen (secondary N) is 3. The van der Waals surface area contributed by atoms with E-state index in [0.717, 1.165) is 23.9 Å². The fourth-order valence-corrected chi connectivity index (χ4v) is 3.58. The number of halogens is 4. The number of aromatic nitrogens is 2. The molecule has 0 aliphatic carbocycles. The van der Waals surface area contributed by atoms with Crippen molar-refractivity contribution in [2.45, 2.75) is 13.1 Å². The lowest BCUT2D eigenvalue weighted by Crippen LogP contribution is -2.32. The molecule has 0 unspecified atom stereocenters. The van der Waals surface area contributed by atoms with Gasteiger partial charge in [0.25, 0.3) is 5.91 Å². The number of carbonyl (C=O) groups is 2. The first-order valence-electron chi connectivity index (χ1n) is 11.5. The lowest BCUT2D eigenvalue weighted by atomic mass is 10.1. The predicted molar refractivity (Wildman–Crippen MR) is 145 cm³/mol. The lowest BCUT2D eigenvalue weighted by Gasteiger charge is -2.19. The zero-order valence-corrected chi connectivity index (χ0v) is 21.4. The number of amides is 3. The average Bonchev–Trinajstić information content (AvgIpc) is 2.91. The number of rotatable bonds is 6. The topological polar surface area (TPSA) is 99.2 Å². The Morgan fingerprint density at radius 3 is 2.33 bits per heavy atom. The molecule has 1 heterocycles. The van der Waals surface area contributed by atoms with Crippen LogP contribution in [0.5, 0.6) is 0 Å². The van der Waals surface area contributed by atoms with E-state index in [9.17, 15) is 22.8 Å². The Balaban J connectivity index is 1.45. The van der Waals surface area contributed by atoms with Crippen molar-refractivity contribution in [1.29, 1.82) is 0 Å². The highest BCUT2D eigenvalue weighted by molar-refractivity contribution is 6.30. The number of alkyl halides is 3. The minimum Gasteiger partial charge on any atom is -0.340 e. The Hall–Kier alpha value is -4.64. The Morgan fingerprint density at radius 1 is 0.897 bits per heavy atom. The van der Waals surface area contributed by atoms with Crippen LogP contribution in [0.3, 0.4) is 0 Å². The summed E-state index contributed by atoms with van der Waals surface area (Å²) in [4.78, 5) is 35.2. The molecular weight excluding hydrogens is 533 g/mol. The summed E-state index contributed by atoms with van der Waals surface area (Å²) in [6, 6.07) is 17.0. The fourth-order valence-electron chi connectivity index (χ4n) is 3.46. The van der Waals surface area contributed by atoms with E-state index in [1.54, 1.807) is 49.4 Å². The van der Waals surface area contributed by atoms with Gasteiger partial charge in [0.2, 0.25) is 0 Å². The van der Waals surface area contributed by atoms with E-state index >= 15 is 0 Å². The fraction of sp³-hybridized carbons (Fsp3) is 0.111. The molecule has 3 N–H and O–H groups in total. The number of urea groups is 1. The van der Waals surface area contributed by atoms with Crippen LogP contribution in [-0.2, 0) is 6.18 Å². The SMILES string of the molecule is Cc1ccc(NC(=O)c2cccc(C(F)(F)F)c2)cc1NC(=O)N(C)c1cc(Nc2ccc(Cl)cc2)ncn1. The van der Waals surface area contributed by atoms with Gasteiger partial charge in [-0.15, -0.1) is 0 Å². The van der Waals surface area contributed by atoms with E-state index in [1.165, 1.54) is 30.4 Å². The van der Waals surface area contributed by atoms with Gasteiger partial charge < -0.3 is 16.0 Å². The normalized spacial score (nSPS) is 11.0. The van der Waals surface area contributed by atoms with Crippen molar-refractivity contribution in [3.05, 3.63) is 101 Å². The third-order valence-electron chi connectivity index (χ3n) is 5.61. The molecule has 4 rings (SSSR count). The van der Waals surface area contributed by atoms with Gasteiger partial charge in [-0.2, -0.15) is 13.2 Å². The van der Waals surface area contributed by atoms with Gasteiger partial charge in [0.1, 0.15) is 18.0 Å². The molecule has 3 aromatic carbocycles. The Kier molecular flexibility index (Phi) is 8.01. The smallest absolute Gasteiger partial charge is 0.340 e. The lowest BCUT2D eigenvalue weighted by molar-refractivity contribution is -0.137. The summed E-state index contributed by atoms with van der Waals surface area (Å²) in [5.41, 5.74) is 1.05. The van der Waals surface area contributed by atoms with Crippen molar-refractivity contribution in [2.24, 2.45) is 0 Å². The zero-order chi connectivity index (χ0) is 28.2.